The highest BCUT2D eigenvalue weighted by Crippen LogP contribution is 2.42. The van der Waals surface area contributed by atoms with Crippen LogP contribution >= 0.6 is 0 Å². The van der Waals surface area contributed by atoms with E-state index in [1.165, 1.54) is 10.4 Å². The third-order valence-corrected chi connectivity index (χ3v) is 13.8. The van der Waals surface area contributed by atoms with Crippen LogP contribution in [0.5, 0.6) is 0 Å². The lowest BCUT2D eigenvalue weighted by atomic mass is 9.77. The van der Waals surface area contributed by atoms with Gasteiger partial charge in [-0.3, -0.25) is 0 Å². The fourth-order valence-corrected chi connectivity index (χ4v) is 11.7. The van der Waals surface area contributed by atoms with E-state index in [1.807, 2.05) is 0 Å². The molecule has 2 atom stereocenters. The zero-order valence-corrected chi connectivity index (χ0v) is 26.7. The van der Waals surface area contributed by atoms with Crippen LogP contribution in [0.4, 0.5) is 0 Å². The summed E-state index contributed by atoms with van der Waals surface area (Å²) in [5.74, 6) is 0. The highest BCUT2D eigenvalue weighted by Gasteiger charge is 2.53. The number of hydrogen-bond donors (Lipinski definition) is 2. The van der Waals surface area contributed by atoms with Gasteiger partial charge in [-0.1, -0.05) is 140 Å². The molecule has 0 saturated carbocycles. The van der Waals surface area contributed by atoms with E-state index in [1.54, 1.807) is 0 Å². The second-order valence-electron chi connectivity index (χ2n) is 13.1. The second-order valence-corrected chi connectivity index (χ2v) is 17.4. The first-order valence-electron chi connectivity index (χ1n) is 14.9. The fraction of sp³-hybridized carbons (Fsp3) is 0.351. The summed E-state index contributed by atoms with van der Waals surface area (Å²) in [5, 5.41) is 19.1. The van der Waals surface area contributed by atoms with Gasteiger partial charge in [-0.2, -0.15) is 0 Å². The Hall–Kier alpha value is -3.02. The Bertz CT molecular complexity index is 1360. The van der Waals surface area contributed by atoms with Crippen molar-refractivity contribution in [2.75, 3.05) is 6.54 Å². The molecule has 1 aliphatic heterocycles. The van der Waals surface area contributed by atoms with Gasteiger partial charge in [0.15, 0.2) is 0 Å². The maximum absolute atomic E-state index is 12.9. The number of rotatable bonds is 7. The Morgan fingerprint density at radius 2 is 1.10 bits per heavy atom. The summed E-state index contributed by atoms with van der Waals surface area (Å²) in [5.41, 5.74) is 5.28. The van der Waals surface area contributed by atoms with Crippen LogP contribution in [0.2, 0.25) is 5.04 Å². The summed E-state index contributed by atoms with van der Waals surface area (Å²) in [6.45, 7) is 16.1. The molecule has 0 radical (unpaired) electrons. The number of hydrogen-bond acceptors (Lipinski definition) is 3. The Kier molecular flexibility index (Phi) is 8.15. The van der Waals surface area contributed by atoms with Crippen molar-refractivity contribution in [1.29, 1.82) is 0 Å². The van der Waals surface area contributed by atoms with Gasteiger partial charge in [0.2, 0.25) is 0 Å². The van der Waals surface area contributed by atoms with E-state index in [2.05, 4.69) is 151 Å². The predicted molar refractivity (Wildman–Crippen MR) is 174 cm³/mol. The molecule has 2 unspecified atom stereocenters. The molecule has 0 bridgehead atoms. The third kappa shape index (κ3) is 5.59. The first-order valence-corrected chi connectivity index (χ1v) is 16.8. The lowest BCUT2D eigenvalue weighted by Crippen LogP contribution is -2.67. The molecular formula is C37H45NO2Si. The van der Waals surface area contributed by atoms with Crippen LogP contribution < -0.4 is 15.7 Å². The van der Waals surface area contributed by atoms with Gasteiger partial charge in [-0.25, -0.2) is 0 Å². The van der Waals surface area contributed by atoms with Gasteiger partial charge in [-0.15, -0.1) is 0 Å². The summed E-state index contributed by atoms with van der Waals surface area (Å²) in [4.78, 5) is 0. The molecule has 3 nitrogen and oxygen atoms in total. The lowest BCUT2D eigenvalue weighted by Gasteiger charge is -2.44. The third-order valence-electron chi connectivity index (χ3n) is 8.68. The molecule has 1 aliphatic rings. The highest BCUT2D eigenvalue weighted by molar-refractivity contribution is 6.99. The molecule has 4 aromatic carbocycles. The Morgan fingerprint density at radius 3 is 1.49 bits per heavy atom. The molecule has 4 heteroatoms. The van der Waals surface area contributed by atoms with E-state index in [-0.39, 0.29) is 17.2 Å². The first kappa shape index (κ1) is 29.5. The average molecular weight is 564 g/mol. The minimum atomic E-state index is -2.72. The summed E-state index contributed by atoms with van der Waals surface area (Å²) in [6, 6.07) is 34.3. The van der Waals surface area contributed by atoms with Gasteiger partial charge < -0.3 is 14.8 Å². The maximum atomic E-state index is 12.9. The normalized spacial score (nSPS) is 18.0. The van der Waals surface area contributed by atoms with Crippen LogP contribution in [0.1, 0.15) is 60.6 Å². The molecule has 4 aromatic rings. The highest BCUT2D eigenvalue weighted by atomic mass is 28.4. The maximum Gasteiger partial charge on any atom is 0.261 e. The Labute approximate surface area is 247 Å². The molecule has 2 N–H and O–H groups in total. The predicted octanol–water partition coefficient (Wildman–Crippen LogP) is 6.46. The van der Waals surface area contributed by atoms with Crippen molar-refractivity contribution >= 4 is 18.7 Å². The quantitative estimate of drug-likeness (QED) is 0.254. The van der Waals surface area contributed by atoms with E-state index < -0.39 is 13.9 Å². The molecule has 0 amide bonds. The molecule has 1 fully saturated rings. The van der Waals surface area contributed by atoms with Crippen molar-refractivity contribution in [2.24, 2.45) is 0 Å². The van der Waals surface area contributed by atoms with Crippen LogP contribution in [0.15, 0.2) is 97.1 Å². The molecule has 1 saturated heterocycles. The average Bonchev–Trinajstić information content (AvgIpc) is 3.39. The molecular weight excluding hydrogens is 518 g/mol. The summed E-state index contributed by atoms with van der Waals surface area (Å²) < 4.78 is 7.49. The molecule has 5 rings (SSSR count). The number of aryl methyl sites for hydroxylation is 4. The number of aliphatic hydroxyl groups is 1. The van der Waals surface area contributed by atoms with Crippen LogP contribution in [0.3, 0.4) is 0 Å². The van der Waals surface area contributed by atoms with Crippen molar-refractivity contribution in [3.8, 4) is 0 Å². The minimum Gasteiger partial charge on any atom is -0.403 e. The zero-order chi connectivity index (χ0) is 29.4. The summed E-state index contributed by atoms with van der Waals surface area (Å²) in [6.07, 6.45) is 0.663. The topological polar surface area (TPSA) is 41.5 Å². The van der Waals surface area contributed by atoms with Crippen LogP contribution in [0, 0.1) is 27.7 Å². The van der Waals surface area contributed by atoms with E-state index in [4.69, 9.17) is 4.43 Å². The van der Waals surface area contributed by atoms with Gasteiger partial charge in [0, 0.05) is 12.6 Å². The van der Waals surface area contributed by atoms with E-state index in [0.29, 0.717) is 13.0 Å². The van der Waals surface area contributed by atoms with Crippen LogP contribution in [0.25, 0.3) is 0 Å². The molecule has 41 heavy (non-hydrogen) atoms. The van der Waals surface area contributed by atoms with E-state index >= 15 is 0 Å². The van der Waals surface area contributed by atoms with Gasteiger partial charge >= 0.3 is 0 Å². The fourth-order valence-electron chi connectivity index (χ4n) is 7.01. The van der Waals surface area contributed by atoms with Crippen molar-refractivity contribution in [2.45, 2.75) is 77.7 Å². The van der Waals surface area contributed by atoms with Gasteiger partial charge in [0.05, 0.1) is 6.10 Å². The zero-order valence-electron chi connectivity index (χ0n) is 25.7. The molecule has 0 aromatic heterocycles. The first-order chi connectivity index (χ1) is 19.4. The molecule has 0 aliphatic carbocycles. The minimum absolute atomic E-state index is 0.0466. The second kappa shape index (κ2) is 11.3. The van der Waals surface area contributed by atoms with Crippen LogP contribution in [-0.2, 0) is 10.0 Å². The lowest BCUT2D eigenvalue weighted by molar-refractivity contribution is 0.0400. The molecule has 0 spiro atoms. The van der Waals surface area contributed by atoms with Crippen molar-refractivity contribution in [1.82, 2.24) is 5.32 Å². The Morgan fingerprint density at radius 1 is 0.683 bits per heavy atom. The molecule has 1 heterocycles. The summed E-state index contributed by atoms with van der Waals surface area (Å²) >= 11 is 0. The number of benzene rings is 4. The van der Waals surface area contributed by atoms with E-state index in [0.717, 1.165) is 33.4 Å². The van der Waals surface area contributed by atoms with E-state index in [9.17, 15) is 5.11 Å². The van der Waals surface area contributed by atoms with Crippen molar-refractivity contribution in [3.05, 3.63) is 130 Å². The smallest absolute Gasteiger partial charge is 0.261 e. The number of nitrogens with one attached hydrogen (secondary N) is 1. The standard InChI is InChI=1S/C37H45NO2Si/c1-26-18-27(2)21-30(20-26)37(39,31-22-28(3)19-29(4)23-31)35-24-32(25-38-35)40-41(36(5,6)7,33-14-10-8-11-15-33)34-16-12-9-13-17-34/h8-23,32,35,38-39H,24-25H2,1-7H3. The molecule has 214 valence electrons. The SMILES string of the molecule is Cc1cc(C)cc(C(O)(c2cc(C)cc(C)c2)C2CC(O[Si](c3ccccc3)(c3ccccc3)C(C)(C)C)CN2)c1. The Balaban J connectivity index is 1.59. The van der Waals surface area contributed by atoms with Gasteiger partial charge in [0.1, 0.15) is 5.60 Å². The largest absolute Gasteiger partial charge is 0.403 e. The van der Waals surface area contributed by atoms with Gasteiger partial charge in [0.25, 0.3) is 8.32 Å². The summed E-state index contributed by atoms with van der Waals surface area (Å²) in [7, 11) is -2.72. The van der Waals surface area contributed by atoms with Crippen molar-refractivity contribution in [3.63, 3.8) is 0 Å². The monoisotopic (exact) mass is 563 g/mol. The van der Waals surface area contributed by atoms with Crippen molar-refractivity contribution < 1.29 is 9.53 Å². The van der Waals surface area contributed by atoms with Crippen LogP contribution in [-0.4, -0.2) is 32.1 Å². The van der Waals surface area contributed by atoms with Gasteiger partial charge in [-0.05, 0) is 60.7 Å².